The van der Waals surface area contributed by atoms with Crippen LogP contribution in [0.3, 0.4) is 0 Å². The van der Waals surface area contributed by atoms with Crippen LogP contribution in [0.15, 0.2) is 78.9 Å². The van der Waals surface area contributed by atoms with Gasteiger partial charge in [0, 0.05) is 24.5 Å². The molecule has 0 spiro atoms. The van der Waals surface area contributed by atoms with E-state index in [-0.39, 0.29) is 18.9 Å². The fraction of sp³-hybridized carbons (Fsp3) is 0.286. The van der Waals surface area contributed by atoms with Gasteiger partial charge in [-0.25, -0.2) is 8.42 Å². The van der Waals surface area contributed by atoms with E-state index in [1.165, 1.54) is 17.0 Å². The maximum Gasteiger partial charge on any atom is 0.244 e. The number of nitrogens with one attached hydrogen (secondary N) is 1. The number of carbonyl (C=O) groups is 2. The average molecular weight is 558 g/mol. The molecule has 0 radical (unpaired) electrons. The summed E-state index contributed by atoms with van der Waals surface area (Å²) in [5.74, 6) is -0.253. The number of hydrogen-bond donors (Lipinski definition) is 1. The summed E-state index contributed by atoms with van der Waals surface area (Å²) >= 11 is 5.99. The molecular formula is C28H32ClN3O5S. The third-order valence-electron chi connectivity index (χ3n) is 5.90. The number of methoxy groups -OCH3 is 1. The van der Waals surface area contributed by atoms with Gasteiger partial charge in [-0.2, -0.15) is 0 Å². The van der Waals surface area contributed by atoms with Crippen molar-refractivity contribution in [3.8, 4) is 5.75 Å². The fourth-order valence-corrected chi connectivity index (χ4v) is 5.01. The molecular weight excluding hydrogens is 526 g/mol. The van der Waals surface area contributed by atoms with E-state index in [1.807, 2.05) is 36.4 Å². The topological polar surface area (TPSA) is 96.0 Å². The Bertz CT molecular complexity index is 1330. The average Bonchev–Trinajstić information content (AvgIpc) is 2.90. The Morgan fingerprint density at radius 1 is 0.974 bits per heavy atom. The van der Waals surface area contributed by atoms with Crippen LogP contribution in [0.1, 0.15) is 18.1 Å². The smallest absolute Gasteiger partial charge is 0.244 e. The van der Waals surface area contributed by atoms with Crippen LogP contribution < -0.4 is 14.4 Å². The first-order valence-corrected chi connectivity index (χ1v) is 14.3. The van der Waals surface area contributed by atoms with Gasteiger partial charge in [0.05, 0.1) is 19.1 Å². The van der Waals surface area contributed by atoms with Crippen LogP contribution in [0, 0.1) is 0 Å². The molecule has 10 heteroatoms. The van der Waals surface area contributed by atoms with Crippen LogP contribution in [0.25, 0.3) is 0 Å². The lowest BCUT2D eigenvalue weighted by atomic mass is 10.0. The highest BCUT2D eigenvalue weighted by Gasteiger charge is 2.32. The Morgan fingerprint density at radius 3 is 2.24 bits per heavy atom. The number of rotatable bonds is 12. The SMILES string of the molecule is CCNC(=O)C(Cc1ccccc1)N(Cc1cccc(OC)c1)C(=O)CN(c1ccc(Cl)cc1)S(C)(=O)=O. The van der Waals surface area contributed by atoms with E-state index in [4.69, 9.17) is 16.3 Å². The number of benzene rings is 3. The molecule has 0 aliphatic rings. The molecule has 3 rings (SSSR count). The van der Waals surface area contributed by atoms with Crippen LogP contribution in [0.5, 0.6) is 5.75 Å². The van der Waals surface area contributed by atoms with E-state index in [2.05, 4.69) is 5.32 Å². The number of nitrogens with zero attached hydrogens (tertiary/aromatic N) is 2. The van der Waals surface area contributed by atoms with E-state index < -0.39 is 28.5 Å². The third-order valence-corrected chi connectivity index (χ3v) is 7.30. The highest BCUT2D eigenvalue weighted by molar-refractivity contribution is 7.92. The summed E-state index contributed by atoms with van der Waals surface area (Å²) in [5.41, 5.74) is 1.89. The van der Waals surface area contributed by atoms with Gasteiger partial charge >= 0.3 is 0 Å². The molecule has 0 fully saturated rings. The number of halogens is 1. The molecule has 3 aromatic rings. The highest BCUT2D eigenvalue weighted by atomic mass is 35.5. The molecule has 1 atom stereocenters. The lowest BCUT2D eigenvalue weighted by molar-refractivity contribution is -0.140. The fourth-order valence-electron chi connectivity index (χ4n) is 4.03. The summed E-state index contributed by atoms with van der Waals surface area (Å²) in [6.45, 7) is 1.77. The number of amides is 2. The zero-order valence-corrected chi connectivity index (χ0v) is 23.2. The Kier molecular flexibility index (Phi) is 10.2. The van der Waals surface area contributed by atoms with Crippen molar-refractivity contribution in [3.63, 3.8) is 0 Å². The Morgan fingerprint density at radius 2 is 1.63 bits per heavy atom. The summed E-state index contributed by atoms with van der Waals surface area (Å²) in [6, 6.07) is 21.9. The predicted octanol–water partition coefficient (Wildman–Crippen LogP) is 3.89. The summed E-state index contributed by atoms with van der Waals surface area (Å²) in [6.07, 6.45) is 1.29. The van der Waals surface area contributed by atoms with Crippen LogP contribution in [-0.4, -0.2) is 57.6 Å². The second-order valence-corrected chi connectivity index (χ2v) is 11.1. The standard InChI is InChI=1S/C28H32ClN3O5S/c1-4-30-28(34)26(18-21-9-6-5-7-10-21)31(19-22-11-8-12-25(17-22)37-2)27(33)20-32(38(3,35)36)24-15-13-23(29)14-16-24/h5-17,26H,4,18-20H2,1-3H3,(H,30,34). The van der Waals surface area contributed by atoms with Crippen molar-refractivity contribution < 1.29 is 22.7 Å². The minimum Gasteiger partial charge on any atom is -0.497 e. The van der Waals surface area contributed by atoms with E-state index in [1.54, 1.807) is 44.4 Å². The molecule has 0 aliphatic carbocycles. The first-order chi connectivity index (χ1) is 18.1. The monoisotopic (exact) mass is 557 g/mol. The summed E-state index contributed by atoms with van der Waals surface area (Å²) in [7, 11) is -2.29. The van der Waals surface area contributed by atoms with Crippen molar-refractivity contribution in [2.75, 3.05) is 30.8 Å². The molecule has 1 unspecified atom stereocenters. The number of hydrogen-bond acceptors (Lipinski definition) is 5. The van der Waals surface area contributed by atoms with Crippen molar-refractivity contribution in [1.29, 1.82) is 0 Å². The molecule has 8 nitrogen and oxygen atoms in total. The summed E-state index contributed by atoms with van der Waals surface area (Å²) < 4.78 is 31.8. The van der Waals surface area contributed by atoms with Gasteiger partial charge in [0.25, 0.3) is 0 Å². The van der Waals surface area contributed by atoms with E-state index in [0.29, 0.717) is 23.0 Å². The molecule has 202 valence electrons. The number of likely N-dealkylation sites (N-methyl/N-ethyl adjacent to an activating group) is 1. The largest absolute Gasteiger partial charge is 0.497 e. The van der Waals surface area contributed by atoms with E-state index in [9.17, 15) is 18.0 Å². The van der Waals surface area contributed by atoms with Crippen LogP contribution in [-0.2, 0) is 32.6 Å². The van der Waals surface area contributed by atoms with Crippen LogP contribution in [0.4, 0.5) is 5.69 Å². The lowest BCUT2D eigenvalue weighted by Gasteiger charge is -2.33. The summed E-state index contributed by atoms with van der Waals surface area (Å²) in [4.78, 5) is 28.7. The van der Waals surface area contributed by atoms with Crippen molar-refractivity contribution in [2.45, 2.75) is 25.9 Å². The Labute approximate surface area is 229 Å². The molecule has 3 aromatic carbocycles. The molecule has 38 heavy (non-hydrogen) atoms. The molecule has 2 amide bonds. The van der Waals surface area contributed by atoms with Gasteiger partial charge in [-0.05, 0) is 54.4 Å². The molecule has 0 saturated carbocycles. The van der Waals surface area contributed by atoms with E-state index in [0.717, 1.165) is 21.7 Å². The first kappa shape index (κ1) is 29.0. The lowest BCUT2D eigenvalue weighted by Crippen LogP contribution is -2.53. The Balaban J connectivity index is 2.04. The molecule has 0 aromatic heterocycles. The number of ether oxygens (including phenoxy) is 1. The molecule has 0 bridgehead atoms. The minimum absolute atomic E-state index is 0.0723. The normalized spacial score (nSPS) is 11.9. The van der Waals surface area contributed by atoms with Gasteiger partial charge in [0.15, 0.2) is 0 Å². The second-order valence-electron chi connectivity index (χ2n) is 8.72. The zero-order valence-electron chi connectivity index (χ0n) is 21.6. The summed E-state index contributed by atoms with van der Waals surface area (Å²) in [5, 5.41) is 3.26. The maximum atomic E-state index is 13.9. The first-order valence-electron chi connectivity index (χ1n) is 12.1. The quantitative estimate of drug-likeness (QED) is 0.364. The molecule has 0 aliphatic heterocycles. The predicted molar refractivity (Wildman–Crippen MR) is 150 cm³/mol. The number of anilines is 1. The third kappa shape index (κ3) is 7.97. The van der Waals surface area contributed by atoms with Gasteiger partial charge < -0.3 is 15.0 Å². The van der Waals surface area contributed by atoms with Gasteiger partial charge in [0.2, 0.25) is 21.8 Å². The van der Waals surface area contributed by atoms with Gasteiger partial charge in [0.1, 0.15) is 18.3 Å². The van der Waals surface area contributed by atoms with E-state index >= 15 is 0 Å². The van der Waals surface area contributed by atoms with Gasteiger partial charge in [-0.3, -0.25) is 13.9 Å². The van der Waals surface area contributed by atoms with Crippen LogP contribution >= 0.6 is 11.6 Å². The van der Waals surface area contributed by atoms with Crippen molar-refractivity contribution in [2.24, 2.45) is 0 Å². The minimum atomic E-state index is -3.84. The zero-order chi connectivity index (χ0) is 27.7. The van der Waals surface area contributed by atoms with Crippen LogP contribution in [0.2, 0.25) is 5.02 Å². The van der Waals surface area contributed by atoms with Crippen molar-refractivity contribution >= 4 is 39.1 Å². The molecule has 0 saturated heterocycles. The van der Waals surface area contributed by atoms with Crippen molar-refractivity contribution in [3.05, 3.63) is 95.0 Å². The second kappa shape index (κ2) is 13.3. The maximum absolute atomic E-state index is 13.9. The highest BCUT2D eigenvalue weighted by Crippen LogP contribution is 2.23. The van der Waals surface area contributed by atoms with Gasteiger partial charge in [-0.1, -0.05) is 54.1 Å². The number of carbonyl (C=O) groups excluding carboxylic acids is 2. The number of sulfonamides is 1. The molecule has 1 N–H and O–H groups in total. The molecule has 0 heterocycles. The van der Waals surface area contributed by atoms with Gasteiger partial charge in [-0.15, -0.1) is 0 Å². The Hall–Kier alpha value is -3.56. The van der Waals surface area contributed by atoms with Crippen molar-refractivity contribution in [1.82, 2.24) is 10.2 Å².